The van der Waals surface area contributed by atoms with Crippen LogP contribution in [0.5, 0.6) is 0 Å². The van der Waals surface area contributed by atoms with Crippen LogP contribution in [-0.4, -0.2) is 85.0 Å². The number of amides is 2. The molecule has 0 spiro atoms. The number of nitrogens with zero attached hydrogens (tertiary/aromatic N) is 3. The van der Waals surface area contributed by atoms with Gasteiger partial charge in [0.05, 0.1) is 12.6 Å². The van der Waals surface area contributed by atoms with Crippen LogP contribution in [-0.2, 0) is 11.2 Å². The van der Waals surface area contributed by atoms with Crippen LogP contribution in [0.15, 0.2) is 42.5 Å². The van der Waals surface area contributed by atoms with Crippen molar-refractivity contribution in [3.8, 4) is 11.1 Å². The predicted octanol–water partition coefficient (Wildman–Crippen LogP) is 4.09. The third kappa shape index (κ3) is 5.00. The van der Waals surface area contributed by atoms with Crippen molar-refractivity contribution in [3.05, 3.63) is 59.2 Å². The third-order valence-electron chi connectivity index (χ3n) is 8.08. The normalized spacial score (nSPS) is 22.6. The maximum absolute atomic E-state index is 13.1. The van der Waals surface area contributed by atoms with Crippen molar-refractivity contribution in [1.29, 1.82) is 0 Å². The summed E-state index contributed by atoms with van der Waals surface area (Å²) in [5.74, 6) is 0.234. The number of likely N-dealkylation sites (tertiary alicyclic amines) is 2. The highest BCUT2D eigenvalue weighted by Crippen LogP contribution is 2.28. The Labute approximate surface area is 208 Å². The van der Waals surface area contributed by atoms with E-state index in [1.54, 1.807) is 7.11 Å². The van der Waals surface area contributed by atoms with Crippen LogP contribution in [0.3, 0.4) is 0 Å². The summed E-state index contributed by atoms with van der Waals surface area (Å²) in [5.41, 5.74) is 4.83. The molecule has 6 heteroatoms. The molecule has 6 nitrogen and oxygen atoms in total. The van der Waals surface area contributed by atoms with E-state index in [2.05, 4.69) is 17.9 Å². The number of hydrogen-bond acceptors (Lipinski definition) is 4. The summed E-state index contributed by atoms with van der Waals surface area (Å²) in [6.45, 7) is 7.38. The largest absolute Gasteiger partial charge is 0.383 e. The molecule has 2 fully saturated rings. The van der Waals surface area contributed by atoms with Crippen molar-refractivity contribution in [2.45, 2.75) is 51.1 Å². The van der Waals surface area contributed by atoms with Gasteiger partial charge in [-0.15, -0.1) is 0 Å². The number of methoxy groups -OCH3 is 1. The number of benzene rings is 2. The van der Waals surface area contributed by atoms with Crippen LogP contribution in [0.4, 0.5) is 0 Å². The highest BCUT2D eigenvalue weighted by molar-refractivity contribution is 5.98. The molecule has 186 valence electrons. The summed E-state index contributed by atoms with van der Waals surface area (Å²) < 4.78 is 5.30. The maximum atomic E-state index is 13.1. The summed E-state index contributed by atoms with van der Waals surface area (Å²) in [7, 11) is 1.69. The van der Waals surface area contributed by atoms with Crippen molar-refractivity contribution >= 4 is 11.8 Å². The van der Waals surface area contributed by atoms with Crippen LogP contribution < -0.4 is 0 Å². The van der Waals surface area contributed by atoms with Gasteiger partial charge in [-0.3, -0.25) is 14.5 Å². The molecule has 5 rings (SSSR count). The molecule has 3 heterocycles. The van der Waals surface area contributed by atoms with Crippen molar-refractivity contribution in [2.75, 3.05) is 46.4 Å². The third-order valence-corrected chi connectivity index (χ3v) is 8.08. The molecular weight excluding hydrogens is 438 g/mol. The lowest BCUT2D eigenvalue weighted by molar-refractivity contribution is 0.0630. The van der Waals surface area contributed by atoms with Crippen molar-refractivity contribution in [1.82, 2.24) is 14.7 Å². The lowest BCUT2D eigenvalue weighted by Crippen LogP contribution is -2.43. The molecule has 0 saturated carbocycles. The van der Waals surface area contributed by atoms with Gasteiger partial charge in [-0.05, 0) is 80.5 Å². The highest BCUT2D eigenvalue weighted by Gasteiger charge is 2.30. The zero-order chi connectivity index (χ0) is 24.4. The second kappa shape index (κ2) is 10.5. The molecule has 0 aliphatic carbocycles. The minimum Gasteiger partial charge on any atom is -0.383 e. The molecule has 3 aliphatic heterocycles. The smallest absolute Gasteiger partial charge is 0.254 e. The van der Waals surface area contributed by atoms with E-state index in [1.165, 1.54) is 12.8 Å². The average molecular weight is 476 g/mol. The van der Waals surface area contributed by atoms with Gasteiger partial charge in [0.25, 0.3) is 11.8 Å². The van der Waals surface area contributed by atoms with E-state index < -0.39 is 0 Å². The number of carbonyl (C=O) groups excluding carboxylic acids is 2. The van der Waals surface area contributed by atoms with Crippen molar-refractivity contribution in [3.63, 3.8) is 0 Å². The van der Waals surface area contributed by atoms with Crippen LogP contribution in [0.2, 0.25) is 0 Å². The summed E-state index contributed by atoms with van der Waals surface area (Å²) in [6, 6.07) is 14.9. The molecule has 2 aromatic carbocycles. The lowest BCUT2D eigenvalue weighted by atomic mass is 9.93. The van der Waals surface area contributed by atoms with E-state index in [0.29, 0.717) is 18.2 Å². The van der Waals surface area contributed by atoms with Gasteiger partial charge in [0.15, 0.2) is 0 Å². The number of fused-ring (bicyclic) bond motifs is 1. The number of ether oxygens (including phenoxy) is 1. The first-order valence-electron chi connectivity index (χ1n) is 13.1. The van der Waals surface area contributed by atoms with E-state index in [1.807, 2.05) is 46.2 Å². The van der Waals surface area contributed by atoms with Crippen molar-refractivity contribution in [2.24, 2.45) is 0 Å². The number of carbonyl (C=O) groups is 2. The summed E-state index contributed by atoms with van der Waals surface area (Å²) in [4.78, 5) is 32.6. The van der Waals surface area contributed by atoms with Gasteiger partial charge >= 0.3 is 0 Å². The van der Waals surface area contributed by atoms with E-state index in [4.69, 9.17) is 4.74 Å². The Morgan fingerprint density at radius 3 is 2.49 bits per heavy atom. The van der Waals surface area contributed by atoms with Gasteiger partial charge in [-0.1, -0.05) is 24.3 Å². The molecule has 3 aliphatic rings. The second-order valence-corrected chi connectivity index (χ2v) is 10.3. The van der Waals surface area contributed by atoms with E-state index >= 15 is 0 Å². The first-order chi connectivity index (χ1) is 17.0. The lowest BCUT2D eigenvalue weighted by Gasteiger charge is -2.31. The van der Waals surface area contributed by atoms with Gasteiger partial charge in [0, 0.05) is 50.5 Å². The molecule has 0 unspecified atom stereocenters. The Balaban J connectivity index is 1.25. The highest BCUT2D eigenvalue weighted by atomic mass is 16.5. The van der Waals surface area contributed by atoms with Crippen LogP contribution >= 0.6 is 0 Å². The van der Waals surface area contributed by atoms with Gasteiger partial charge in [-0.2, -0.15) is 0 Å². The number of hydrogen-bond donors (Lipinski definition) is 0. The van der Waals surface area contributed by atoms with E-state index in [-0.39, 0.29) is 17.9 Å². The van der Waals surface area contributed by atoms with E-state index in [0.717, 1.165) is 74.2 Å². The predicted molar refractivity (Wildman–Crippen MR) is 138 cm³/mol. The molecule has 0 N–H and O–H groups in total. The Kier molecular flexibility index (Phi) is 7.21. The quantitative estimate of drug-likeness (QED) is 0.605. The Bertz CT molecular complexity index is 1070. The molecule has 2 amide bonds. The molecule has 0 bridgehead atoms. The standard InChI is InChI=1S/C29H37N3O3/c1-21-5-3-14-30(21)17-18-31-16-13-25-19-24(11-12-27(25)29(31)34)22-7-9-23(10-8-22)28(33)32-15-4-6-26(32)20-35-2/h7-12,19,21,26H,3-6,13-18,20H2,1-2H3/t21-,26+/m1/s1. The molecular formula is C29H37N3O3. The topological polar surface area (TPSA) is 53.1 Å². The summed E-state index contributed by atoms with van der Waals surface area (Å²) in [6.07, 6.45) is 5.45. The molecule has 35 heavy (non-hydrogen) atoms. The molecule has 2 aromatic rings. The zero-order valence-electron chi connectivity index (χ0n) is 21.0. The molecule has 2 atom stereocenters. The van der Waals surface area contributed by atoms with Crippen LogP contribution in [0.1, 0.15) is 58.9 Å². The van der Waals surface area contributed by atoms with Crippen LogP contribution in [0, 0.1) is 0 Å². The first-order valence-corrected chi connectivity index (χ1v) is 13.1. The van der Waals surface area contributed by atoms with Gasteiger partial charge in [-0.25, -0.2) is 0 Å². The van der Waals surface area contributed by atoms with Crippen LogP contribution in [0.25, 0.3) is 11.1 Å². The summed E-state index contributed by atoms with van der Waals surface area (Å²) in [5, 5.41) is 0. The number of rotatable bonds is 7. The Morgan fingerprint density at radius 2 is 1.74 bits per heavy atom. The van der Waals surface area contributed by atoms with Gasteiger partial charge in [0.1, 0.15) is 0 Å². The fourth-order valence-electron chi connectivity index (χ4n) is 5.94. The average Bonchev–Trinajstić information content (AvgIpc) is 3.52. The van der Waals surface area contributed by atoms with Gasteiger partial charge in [0.2, 0.25) is 0 Å². The Hall–Kier alpha value is -2.70. The molecule has 0 aromatic heterocycles. The molecule has 2 saturated heterocycles. The fraction of sp³-hybridized carbons (Fsp3) is 0.517. The zero-order valence-corrected chi connectivity index (χ0v) is 21.0. The van der Waals surface area contributed by atoms with Crippen molar-refractivity contribution < 1.29 is 14.3 Å². The summed E-state index contributed by atoms with van der Waals surface area (Å²) >= 11 is 0. The SMILES string of the molecule is COC[C@@H]1CCCN1C(=O)c1ccc(-c2ccc3c(c2)CCN(CCN2CCC[C@H]2C)C3=O)cc1. The second-order valence-electron chi connectivity index (χ2n) is 10.3. The molecule has 0 radical (unpaired) electrons. The first kappa shape index (κ1) is 24.0. The maximum Gasteiger partial charge on any atom is 0.254 e. The fourth-order valence-corrected chi connectivity index (χ4v) is 5.94. The minimum absolute atomic E-state index is 0.0792. The minimum atomic E-state index is 0.0792. The van der Waals surface area contributed by atoms with E-state index in [9.17, 15) is 9.59 Å². The van der Waals surface area contributed by atoms with Gasteiger partial charge < -0.3 is 14.5 Å². The Morgan fingerprint density at radius 1 is 0.971 bits per heavy atom. The monoisotopic (exact) mass is 475 g/mol.